The summed E-state index contributed by atoms with van der Waals surface area (Å²) >= 11 is 5.86. The van der Waals surface area contributed by atoms with Crippen LogP contribution >= 0.6 is 11.6 Å². The lowest BCUT2D eigenvalue weighted by Crippen LogP contribution is -1.98. The predicted octanol–water partition coefficient (Wildman–Crippen LogP) is 6.51. The smallest absolute Gasteiger partial charge is 0.203 e. The Labute approximate surface area is 192 Å². The lowest BCUT2D eigenvalue weighted by atomic mass is 10.1. The Balaban J connectivity index is 1.71. The standard InChI is InChI=1S/C26H24ClNO4/c1-30-24-16-19(17-25(31-2)26(24)32-3)8-7-18-5-4-6-22(15-18)28-14-13-23(29)20-9-11-21(27)12-10-20/h4-12,14-17H,13H2,1-3H3/b8-7-,28-14?. The van der Waals surface area contributed by atoms with Crippen molar-refractivity contribution in [2.45, 2.75) is 6.42 Å². The molecule has 0 atom stereocenters. The maximum Gasteiger partial charge on any atom is 0.203 e. The quantitative estimate of drug-likeness (QED) is 0.212. The predicted molar refractivity (Wildman–Crippen MR) is 130 cm³/mol. The fourth-order valence-corrected chi connectivity index (χ4v) is 3.21. The molecule has 0 aliphatic rings. The number of ether oxygens (including phenoxy) is 3. The molecular weight excluding hydrogens is 426 g/mol. The van der Waals surface area contributed by atoms with E-state index in [4.69, 9.17) is 25.8 Å². The van der Waals surface area contributed by atoms with Gasteiger partial charge in [-0.15, -0.1) is 0 Å². The summed E-state index contributed by atoms with van der Waals surface area (Å²) in [6, 6.07) is 18.3. The van der Waals surface area contributed by atoms with Crippen LogP contribution in [0, 0.1) is 0 Å². The van der Waals surface area contributed by atoms with Gasteiger partial charge < -0.3 is 14.2 Å². The molecule has 0 aromatic heterocycles. The van der Waals surface area contributed by atoms with Crippen molar-refractivity contribution in [3.05, 3.63) is 82.4 Å². The van der Waals surface area contributed by atoms with Crippen molar-refractivity contribution in [1.29, 1.82) is 0 Å². The van der Waals surface area contributed by atoms with Crippen LogP contribution in [0.5, 0.6) is 17.2 Å². The van der Waals surface area contributed by atoms with Crippen LogP contribution in [0.2, 0.25) is 5.02 Å². The molecule has 0 aliphatic heterocycles. The van der Waals surface area contributed by atoms with E-state index in [2.05, 4.69) is 4.99 Å². The normalized spacial score (nSPS) is 11.1. The van der Waals surface area contributed by atoms with Gasteiger partial charge in [-0.1, -0.05) is 35.9 Å². The second-order valence-corrected chi connectivity index (χ2v) is 7.27. The maximum atomic E-state index is 12.2. The molecule has 0 heterocycles. The minimum absolute atomic E-state index is 0.0103. The molecule has 0 N–H and O–H groups in total. The van der Waals surface area contributed by atoms with Crippen molar-refractivity contribution in [1.82, 2.24) is 0 Å². The van der Waals surface area contributed by atoms with Crippen molar-refractivity contribution < 1.29 is 19.0 Å². The Kier molecular flexibility index (Phi) is 8.06. The molecule has 0 aliphatic carbocycles. The average Bonchev–Trinajstić information content (AvgIpc) is 2.82. The highest BCUT2D eigenvalue weighted by Gasteiger charge is 2.12. The first-order chi connectivity index (χ1) is 15.5. The molecule has 0 spiro atoms. The average molecular weight is 450 g/mol. The van der Waals surface area contributed by atoms with E-state index < -0.39 is 0 Å². The molecule has 0 saturated carbocycles. The third-order valence-corrected chi connectivity index (χ3v) is 4.96. The van der Waals surface area contributed by atoms with Crippen molar-refractivity contribution in [2.24, 2.45) is 4.99 Å². The van der Waals surface area contributed by atoms with Gasteiger partial charge in [-0.25, -0.2) is 0 Å². The van der Waals surface area contributed by atoms with Gasteiger partial charge in [0.25, 0.3) is 0 Å². The highest BCUT2D eigenvalue weighted by Crippen LogP contribution is 2.38. The van der Waals surface area contributed by atoms with E-state index >= 15 is 0 Å². The molecule has 32 heavy (non-hydrogen) atoms. The minimum Gasteiger partial charge on any atom is -0.493 e. The summed E-state index contributed by atoms with van der Waals surface area (Å²) in [5.74, 6) is 1.73. The van der Waals surface area contributed by atoms with E-state index in [9.17, 15) is 4.79 Å². The Morgan fingerprint density at radius 3 is 2.16 bits per heavy atom. The first-order valence-corrected chi connectivity index (χ1v) is 10.3. The number of Topliss-reactive ketones (excluding diaryl/α,β-unsaturated/α-hetero) is 1. The number of benzene rings is 3. The number of halogens is 1. The number of ketones is 1. The molecule has 6 heteroatoms. The van der Waals surface area contributed by atoms with Gasteiger partial charge in [0.15, 0.2) is 17.3 Å². The zero-order valence-electron chi connectivity index (χ0n) is 18.2. The van der Waals surface area contributed by atoms with Gasteiger partial charge >= 0.3 is 0 Å². The van der Waals surface area contributed by atoms with Crippen LogP contribution in [0.1, 0.15) is 27.9 Å². The van der Waals surface area contributed by atoms with Crippen molar-refractivity contribution in [3.63, 3.8) is 0 Å². The number of aliphatic imine (C=N–C) groups is 1. The van der Waals surface area contributed by atoms with Gasteiger partial charge in [0, 0.05) is 23.2 Å². The topological polar surface area (TPSA) is 57.1 Å². The molecule has 3 aromatic rings. The number of carbonyl (C=O) groups is 1. The van der Waals surface area contributed by atoms with Crippen LogP contribution in [0.3, 0.4) is 0 Å². The van der Waals surface area contributed by atoms with Gasteiger partial charge in [0.1, 0.15) is 0 Å². The summed E-state index contributed by atoms with van der Waals surface area (Å²) in [4.78, 5) is 16.7. The third kappa shape index (κ3) is 5.99. The largest absolute Gasteiger partial charge is 0.493 e. The number of nitrogens with zero attached hydrogens (tertiary/aromatic N) is 1. The number of hydrogen-bond donors (Lipinski definition) is 0. The van der Waals surface area contributed by atoms with Crippen LogP contribution < -0.4 is 14.2 Å². The lowest BCUT2D eigenvalue weighted by molar-refractivity contribution is 0.100. The highest BCUT2D eigenvalue weighted by molar-refractivity contribution is 6.30. The monoisotopic (exact) mass is 449 g/mol. The van der Waals surface area contributed by atoms with Gasteiger partial charge in [0.2, 0.25) is 5.75 Å². The van der Waals surface area contributed by atoms with Crippen LogP contribution in [0.4, 0.5) is 5.69 Å². The fourth-order valence-electron chi connectivity index (χ4n) is 3.09. The zero-order valence-corrected chi connectivity index (χ0v) is 18.9. The summed E-state index contributed by atoms with van der Waals surface area (Å²) in [6.45, 7) is 0. The summed E-state index contributed by atoms with van der Waals surface area (Å²) in [5, 5.41) is 0.603. The molecule has 3 aromatic carbocycles. The number of carbonyl (C=O) groups excluding carboxylic acids is 1. The molecule has 0 fully saturated rings. The first kappa shape index (κ1) is 23.1. The number of rotatable bonds is 9. The van der Waals surface area contributed by atoms with Crippen molar-refractivity contribution >= 4 is 41.4 Å². The van der Waals surface area contributed by atoms with Crippen LogP contribution in [-0.4, -0.2) is 33.3 Å². The van der Waals surface area contributed by atoms with E-state index in [0.29, 0.717) is 27.8 Å². The van der Waals surface area contributed by atoms with E-state index in [1.54, 1.807) is 51.8 Å². The molecule has 3 rings (SSSR count). The minimum atomic E-state index is -0.0103. The Morgan fingerprint density at radius 2 is 1.53 bits per heavy atom. The number of hydrogen-bond acceptors (Lipinski definition) is 5. The Morgan fingerprint density at radius 1 is 0.875 bits per heavy atom. The van der Waals surface area contributed by atoms with Gasteiger partial charge in [-0.05, 0) is 59.7 Å². The highest BCUT2D eigenvalue weighted by atomic mass is 35.5. The first-order valence-electron chi connectivity index (χ1n) is 9.93. The van der Waals surface area contributed by atoms with Crippen LogP contribution in [0.15, 0.2) is 65.7 Å². The molecule has 0 amide bonds. The molecule has 164 valence electrons. The molecular formula is C26H24ClNO4. The van der Waals surface area contributed by atoms with Crippen LogP contribution in [0.25, 0.3) is 12.2 Å². The molecule has 0 radical (unpaired) electrons. The zero-order chi connectivity index (χ0) is 22.9. The Bertz CT molecular complexity index is 1110. The van der Waals surface area contributed by atoms with Gasteiger partial charge in [-0.2, -0.15) is 0 Å². The molecule has 0 saturated heterocycles. The third-order valence-electron chi connectivity index (χ3n) is 4.71. The van der Waals surface area contributed by atoms with Gasteiger partial charge in [-0.3, -0.25) is 9.79 Å². The Hall–Kier alpha value is -3.57. The fraction of sp³-hybridized carbons (Fsp3) is 0.154. The molecule has 0 unspecified atom stereocenters. The van der Waals surface area contributed by atoms with E-state index in [0.717, 1.165) is 16.8 Å². The lowest BCUT2D eigenvalue weighted by Gasteiger charge is -2.12. The summed E-state index contributed by atoms with van der Waals surface area (Å²) in [7, 11) is 4.75. The maximum absolute atomic E-state index is 12.2. The SMILES string of the molecule is COc1cc(/C=C\c2cccc(N=CCC(=O)c3ccc(Cl)cc3)c2)cc(OC)c1OC. The summed E-state index contributed by atoms with van der Waals surface area (Å²) < 4.78 is 16.2. The van der Waals surface area contributed by atoms with Gasteiger partial charge in [0.05, 0.1) is 27.0 Å². The summed E-state index contributed by atoms with van der Waals surface area (Å²) in [5.41, 5.74) is 3.25. The van der Waals surface area contributed by atoms with Crippen molar-refractivity contribution in [3.8, 4) is 17.2 Å². The second-order valence-electron chi connectivity index (χ2n) is 6.83. The summed E-state index contributed by atoms with van der Waals surface area (Å²) in [6.07, 6.45) is 5.77. The van der Waals surface area contributed by atoms with Crippen LogP contribution in [-0.2, 0) is 0 Å². The van der Waals surface area contributed by atoms with E-state index in [1.165, 1.54) is 0 Å². The second kappa shape index (κ2) is 11.2. The van der Waals surface area contributed by atoms with E-state index in [-0.39, 0.29) is 12.2 Å². The molecule has 5 nitrogen and oxygen atoms in total. The van der Waals surface area contributed by atoms with E-state index in [1.807, 2.05) is 48.6 Å². The number of methoxy groups -OCH3 is 3. The molecule has 0 bridgehead atoms. The van der Waals surface area contributed by atoms with Crippen molar-refractivity contribution in [2.75, 3.05) is 21.3 Å².